The molecule has 0 aromatic heterocycles. The van der Waals surface area contributed by atoms with Crippen molar-refractivity contribution in [2.24, 2.45) is 0 Å². The highest BCUT2D eigenvalue weighted by molar-refractivity contribution is 7.99. The lowest BCUT2D eigenvalue weighted by molar-refractivity contribution is -0.413. The van der Waals surface area contributed by atoms with E-state index in [1.165, 1.54) is 15.4 Å². The highest BCUT2D eigenvalue weighted by Crippen LogP contribution is 2.30. The molecule has 2 aromatic carbocycles. The maximum atomic E-state index is 4.07. The Hall–Kier alpha value is -1.25. The third-order valence-corrected chi connectivity index (χ3v) is 3.64. The van der Waals surface area contributed by atoms with E-state index in [1.807, 2.05) is 17.8 Å². The Kier molecular flexibility index (Phi) is 4.24. The van der Waals surface area contributed by atoms with Crippen LogP contribution in [-0.2, 0) is 6.42 Å². The van der Waals surface area contributed by atoms with Crippen LogP contribution in [0.5, 0.6) is 0 Å². The minimum Gasteiger partial charge on any atom is -0.355 e. The van der Waals surface area contributed by atoms with Gasteiger partial charge < -0.3 is 5.73 Å². The van der Waals surface area contributed by atoms with Crippen LogP contribution in [0.15, 0.2) is 64.4 Å². The van der Waals surface area contributed by atoms with Crippen molar-refractivity contribution in [1.82, 2.24) is 0 Å². The first-order valence-corrected chi connectivity index (χ1v) is 6.71. The fraction of sp³-hybridized carbons (Fsp3) is 0.200. The fourth-order valence-electron chi connectivity index (χ4n) is 1.76. The van der Waals surface area contributed by atoms with Gasteiger partial charge in [0.05, 0.1) is 6.04 Å². The van der Waals surface area contributed by atoms with Gasteiger partial charge in [0.25, 0.3) is 0 Å². The maximum Gasteiger partial charge on any atom is 0.0856 e. The number of hydrogen-bond donors (Lipinski definition) is 1. The Labute approximate surface area is 107 Å². The van der Waals surface area contributed by atoms with E-state index in [-0.39, 0.29) is 0 Å². The second-order valence-electron chi connectivity index (χ2n) is 4.33. The lowest BCUT2D eigenvalue weighted by Gasteiger charge is -2.09. The van der Waals surface area contributed by atoms with Crippen LogP contribution in [-0.4, -0.2) is 6.04 Å². The minimum atomic E-state index is 0.451. The van der Waals surface area contributed by atoms with Gasteiger partial charge in [0.1, 0.15) is 0 Å². The van der Waals surface area contributed by atoms with E-state index in [2.05, 4.69) is 61.2 Å². The monoisotopic (exact) mass is 244 g/mol. The Morgan fingerprint density at radius 1 is 1.00 bits per heavy atom. The molecule has 0 aliphatic heterocycles. The molecule has 0 saturated heterocycles. The van der Waals surface area contributed by atoms with Crippen LogP contribution in [0.2, 0.25) is 0 Å². The zero-order valence-corrected chi connectivity index (χ0v) is 10.9. The molecule has 88 valence electrons. The second kappa shape index (κ2) is 5.89. The molecule has 1 nitrogen and oxygen atoms in total. The lowest BCUT2D eigenvalue weighted by atomic mass is 10.1. The van der Waals surface area contributed by atoms with Crippen LogP contribution in [0.3, 0.4) is 0 Å². The molecule has 0 fully saturated rings. The van der Waals surface area contributed by atoms with E-state index < -0.39 is 0 Å². The van der Waals surface area contributed by atoms with Gasteiger partial charge in [-0.3, -0.25) is 0 Å². The Balaban J connectivity index is 2.20. The van der Waals surface area contributed by atoms with Crippen molar-refractivity contribution in [3.05, 3.63) is 60.2 Å². The molecule has 0 unspecified atom stereocenters. The average Bonchev–Trinajstić information content (AvgIpc) is 2.32. The summed E-state index contributed by atoms with van der Waals surface area (Å²) in [6.07, 6.45) is 1.04. The van der Waals surface area contributed by atoms with Crippen molar-refractivity contribution >= 4 is 11.8 Å². The molecule has 2 rings (SSSR count). The SMILES string of the molecule is C[C@H]([NH3+])Cc1ccccc1Sc1ccccc1. The topological polar surface area (TPSA) is 27.6 Å². The van der Waals surface area contributed by atoms with Crippen molar-refractivity contribution in [3.8, 4) is 0 Å². The summed E-state index contributed by atoms with van der Waals surface area (Å²) in [6, 6.07) is 19.5. The lowest BCUT2D eigenvalue weighted by Crippen LogP contribution is -2.60. The molecular formula is C15H18NS+. The molecule has 0 aliphatic carbocycles. The number of quaternary nitrogens is 1. The van der Waals surface area contributed by atoms with Crippen LogP contribution in [0, 0.1) is 0 Å². The molecule has 0 bridgehead atoms. The van der Waals surface area contributed by atoms with Gasteiger partial charge in [-0.25, -0.2) is 0 Å². The van der Waals surface area contributed by atoms with Crippen molar-refractivity contribution < 1.29 is 5.73 Å². The van der Waals surface area contributed by atoms with Gasteiger partial charge in [-0.2, -0.15) is 0 Å². The predicted molar refractivity (Wildman–Crippen MR) is 73.1 cm³/mol. The van der Waals surface area contributed by atoms with E-state index in [0.717, 1.165) is 6.42 Å². The van der Waals surface area contributed by atoms with Crippen LogP contribution in [0.25, 0.3) is 0 Å². The number of rotatable bonds is 4. The van der Waals surface area contributed by atoms with Crippen LogP contribution in [0.1, 0.15) is 12.5 Å². The van der Waals surface area contributed by atoms with Crippen molar-refractivity contribution in [1.29, 1.82) is 0 Å². The minimum absolute atomic E-state index is 0.451. The summed E-state index contributed by atoms with van der Waals surface area (Å²) in [4.78, 5) is 2.63. The summed E-state index contributed by atoms with van der Waals surface area (Å²) in [6.45, 7) is 2.16. The quantitative estimate of drug-likeness (QED) is 0.879. The summed E-state index contributed by atoms with van der Waals surface area (Å²) in [5, 5.41) is 0. The predicted octanol–water partition coefficient (Wildman–Crippen LogP) is 3.01. The first kappa shape index (κ1) is 12.2. The van der Waals surface area contributed by atoms with Gasteiger partial charge in [-0.05, 0) is 30.7 Å². The van der Waals surface area contributed by atoms with Crippen LogP contribution in [0.4, 0.5) is 0 Å². The van der Waals surface area contributed by atoms with E-state index in [9.17, 15) is 0 Å². The second-order valence-corrected chi connectivity index (χ2v) is 5.45. The van der Waals surface area contributed by atoms with Gasteiger partial charge in [-0.15, -0.1) is 0 Å². The molecule has 0 aliphatic rings. The molecule has 1 atom stereocenters. The van der Waals surface area contributed by atoms with Crippen LogP contribution < -0.4 is 5.73 Å². The van der Waals surface area contributed by atoms with Crippen molar-refractivity contribution in [2.45, 2.75) is 29.2 Å². The Bertz CT molecular complexity index is 465. The summed E-state index contributed by atoms with van der Waals surface area (Å²) in [5.41, 5.74) is 5.47. The zero-order valence-electron chi connectivity index (χ0n) is 10.1. The molecule has 17 heavy (non-hydrogen) atoms. The highest BCUT2D eigenvalue weighted by Gasteiger charge is 2.07. The normalized spacial score (nSPS) is 12.4. The molecular weight excluding hydrogens is 226 g/mol. The summed E-state index contributed by atoms with van der Waals surface area (Å²) >= 11 is 1.83. The standard InChI is InChI=1S/C15H17NS/c1-12(16)11-13-7-5-6-10-15(13)17-14-8-3-2-4-9-14/h2-10,12H,11,16H2,1H3/p+1/t12-/m0/s1. The molecule has 0 saturated carbocycles. The van der Waals surface area contributed by atoms with E-state index >= 15 is 0 Å². The Morgan fingerprint density at radius 2 is 1.65 bits per heavy atom. The largest absolute Gasteiger partial charge is 0.355 e. The average molecular weight is 244 g/mol. The van der Waals surface area contributed by atoms with Crippen molar-refractivity contribution in [3.63, 3.8) is 0 Å². The molecule has 0 amide bonds. The first-order valence-electron chi connectivity index (χ1n) is 5.89. The molecule has 2 heteroatoms. The summed E-state index contributed by atoms with van der Waals surface area (Å²) in [5.74, 6) is 0. The molecule has 0 heterocycles. The molecule has 0 spiro atoms. The highest BCUT2D eigenvalue weighted by atomic mass is 32.2. The number of benzene rings is 2. The van der Waals surface area contributed by atoms with Gasteiger partial charge in [-0.1, -0.05) is 48.2 Å². The summed E-state index contributed by atoms with van der Waals surface area (Å²) < 4.78 is 0. The molecule has 0 radical (unpaired) electrons. The van der Waals surface area contributed by atoms with Gasteiger partial charge in [0.2, 0.25) is 0 Å². The smallest absolute Gasteiger partial charge is 0.0856 e. The third-order valence-electron chi connectivity index (χ3n) is 2.51. The van der Waals surface area contributed by atoms with Crippen molar-refractivity contribution in [2.75, 3.05) is 0 Å². The fourth-order valence-corrected chi connectivity index (χ4v) is 2.74. The zero-order chi connectivity index (χ0) is 12.1. The number of hydrogen-bond acceptors (Lipinski definition) is 1. The molecule has 2 aromatic rings. The van der Waals surface area contributed by atoms with Gasteiger partial charge in [0, 0.05) is 16.2 Å². The third kappa shape index (κ3) is 3.62. The van der Waals surface area contributed by atoms with E-state index in [0.29, 0.717) is 6.04 Å². The van der Waals surface area contributed by atoms with Gasteiger partial charge >= 0.3 is 0 Å². The summed E-state index contributed by atoms with van der Waals surface area (Å²) in [7, 11) is 0. The molecule has 3 N–H and O–H groups in total. The van der Waals surface area contributed by atoms with E-state index in [4.69, 9.17) is 0 Å². The first-order chi connectivity index (χ1) is 8.25. The van der Waals surface area contributed by atoms with Crippen LogP contribution >= 0.6 is 11.8 Å². The van der Waals surface area contributed by atoms with Gasteiger partial charge in [0.15, 0.2) is 0 Å². The maximum absolute atomic E-state index is 4.07. The van der Waals surface area contributed by atoms with E-state index in [1.54, 1.807) is 0 Å². The Morgan fingerprint density at radius 3 is 2.35 bits per heavy atom.